The van der Waals surface area contributed by atoms with Crippen LogP contribution in [0, 0.1) is 11.3 Å². The second-order valence-electron chi connectivity index (χ2n) is 4.07. The normalized spacial score (nSPS) is 12.2. The van der Waals surface area contributed by atoms with Gasteiger partial charge in [0.25, 0.3) is 0 Å². The van der Waals surface area contributed by atoms with Crippen molar-refractivity contribution in [3.63, 3.8) is 0 Å². The predicted molar refractivity (Wildman–Crippen MR) is 67.2 cm³/mol. The van der Waals surface area contributed by atoms with Gasteiger partial charge in [0, 0.05) is 12.6 Å². The Labute approximate surface area is 96.7 Å². The molecule has 0 spiro atoms. The van der Waals surface area contributed by atoms with E-state index in [9.17, 15) is 0 Å². The Balaban J connectivity index is 2.72. The summed E-state index contributed by atoms with van der Waals surface area (Å²) in [6.45, 7) is 2.92. The largest absolute Gasteiger partial charge is 0.396 e. The van der Waals surface area contributed by atoms with E-state index in [1.165, 1.54) is 0 Å². The van der Waals surface area contributed by atoms with E-state index in [0.717, 1.165) is 12.2 Å². The average Bonchev–Trinajstić information content (AvgIpc) is 2.27. The molecule has 1 unspecified atom stereocenters. The summed E-state index contributed by atoms with van der Waals surface area (Å²) in [6.07, 6.45) is 0. The Morgan fingerprint density at radius 1 is 1.50 bits per heavy atom. The maximum absolute atomic E-state index is 8.84. The monoisotopic (exact) mass is 218 g/mol. The number of nitrogen functional groups attached to an aromatic ring is 1. The number of anilines is 2. The molecule has 1 rings (SSSR count). The Kier molecular flexibility index (Phi) is 4.15. The van der Waals surface area contributed by atoms with Crippen LogP contribution in [0.1, 0.15) is 12.5 Å². The summed E-state index contributed by atoms with van der Waals surface area (Å²) in [5.74, 6) is 0. The van der Waals surface area contributed by atoms with Crippen molar-refractivity contribution in [1.29, 1.82) is 5.26 Å². The van der Waals surface area contributed by atoms with Crippen LogP contribution in [0.3, 0.4) is 0 Å². The Bertz CT molecular complexity index is 392. The van der Waals surface area contributed by atoms with Gasteiger partial charge in [0.05, 0.1) is 16.9 Å². The van der Waals surface area contributed by atoms with Gasteiger partial charge in [-0.3, -0.25) is 0 Å². The molecule has 0 radical (unpaired) electrons. The fourth-order valence-electron chi connectivity index (χ4n) is 1.26. The van der Waals surface area contributed by atoms with E-state index in [4.69, 9.17) is 11.0 Å². The first-order valence-electron chi connectivity index (χ1n) is 5.25. The molecule has 3 N–H and O–H groups in total. The summed E-state index contributed by atoms with van der Waals surface area (Å²) < 4.78 is 0. The van der Waals surface area contributed by atoms with E-state index in [1.807, 2.05) is 26.2 Å². The van der Waals surface area contributed by atoms with Crippen LogP contribution in [0.5, 0.6) is 0 Å². The quantitative estimate of drug-likeness (QED) is 0.752. The second kappa shape index (κ2) is 5.38. The summed E-state index contributed by atoms with van der Waals surface area (Å²) in [5.41, 5.74) is 7.72. The fourth-order valence-corrected chi connectivity index (χ4v) is 1.26. The zero-order chi connectivity index (χ0) is 12.1. The number of hydrogen-bond donors (Lipinski definition) is 2. The maximum Gasteiger partial charge on any atom is 0.101 e. The molecule has 0 saturated carbocycles. The molecule has 0 bridgehead atoms. The lowest BCUT2D eigenvalue weighted by molar-refractivity contribution is 0.326. The minimum atomic E-state index is 0.408. The molecule has 86 valence electrons. The Hall–Kier alpha value is -1.73. The first kappa shape index (κ1) is 12.3. The molecular weight excluding hydrogens is 200 g/mol. The third-order valence-corrected chi connectivity index (χ3v) is 2.70. The number of nitrogens with two attached hydrogens (primary N) is 1. The van der Waals surface area contributed by atoms with Gasteiger partial charge >= 0.3 is 0 Å². The molecule has 4 heteroatoms. The number of nitrogens with one attached hydrogen (secondary N) is 1. The molecule has 1 aromatic carbocycles. The van der Waals surface area contributed by atoms with Crippen molar-refractivity contribution < 1.29 is 0 Å². The third kappa shape index (κ3) is 2.88. The van der Waals surface area contributed by atoms with Gasteiger partial charge in [-0.05, 0) is 33.2 Å². The van der Waals surface area contributed by atoms with E-state index in [-0.39, 0.29) is 0 Å². The molecular formula is C12H18N4. The smallest absolute Gasteiger partial charge is 0.101 e. The number of para-hydroxylation sites is 1. The van der Waals surface area contributed by atoms with Gasteiger partial charge in [-0.15, -0.1) is 0 Å². The average molecular weight is 218 g/mol. The third-order valence-electron chi connectivity index (χ3n) is 2.70. The molecule has 0 aliphatic heterocycles. The fraction of sp³-hybridized carbons (Fsp3) is 0.417. The maximum atomic E-state index is 8.84. The van der Waals surface area contributed by atoms with E-state index >= 15 is 0 Å². The highest BCUT2D eigenvalue weighted by Crippen LogP contribution is 2.21. The summed E-state index contributed by atoms with van der Waals surface area (Å²) in [4.78, 5) is 2.12. The van der Waals surface area contributed by atoms with Gasteiger partial charge in [0.2, 0.25) is 0 Å². The van der Waals surface area contributed by atoms with Crippen LogP contribution in [-0.2, 0) is 0 Å². The van der Waals surface area contributed by atoms with Crippen molar-refractivity contribution in [2.45, 2.75) is 13.0 Å². The van der Waals surface area contributed by atoms with Crippen molar-refractivity contribution in [2.75, 3.05) is 31.7 Å². The Morgan fingerprint density at radius 3 is 2.75 bits per heavy atom. The van der Waals surface area contributed by atoms with Crippen molar-refractivity contribution in [3.8, 4) is 6.07 Å². The summed E-state index contributed by atoms with van der Waals surface area (Å²) >= 11 is 0. The SMILES string of the molecule is CC(CNc1cccc(C#N)c1N)N(C)C. The van der Waals surface area contributed by atoms with Gasteiger partial charge in [-0.1, -0.05) is 6.07 Å². The number of hydrogen-bond acceptors (Lipinski definition) is 4. The number of likely N-dealkylation sites (N-methyl/N-ethyl adjacent to an activating group) is 1. The van der Waals surface area contributed by atoms with Gasteiger partial charge in [-0.2, -0.15) is 5.26 Å². The van der Waals surface area contributed by atoms with Gasteiger partial charge in [0.15, 0.2) is 0 Å². The van der Waals surface area contributed by atoms with Crippen molar-refractivity contribution in [1.82, 2.24) is 4.90 Å². The molecule has 0 amide bonds. The van der Waals surface area contributed by atoms with Gasteiger partial charge in [0.1, 0.15) is 6.07 Å². The van der Waals surface area contributed by atoms with Gasteiger partial charge in [-0.25, -0.2) is 0 Å². The topological polar surface area (TPSA) is 65.1 Å². The number of rotatable bonds is 4. The summed E-state index contributed by atoms with van der Waals surface area (Å²) in [6, 6.07) is 7.91. The van der Waals surface area contributed by atoms with Crippen molar-refractivity contribution in [2.24, 2.45) is 0 Å². The molecule has 1 aromatic rings. The minimum Gasteiger partial charge on any atom is -0.396 e. The standard InChI is InChI=1S/C12H18N4/c1-9(16(2)3)8-15-11-6-4-5-10(7-13)12(11)14/h4-6,9,15H,8,14H2,1-3H3. The van der Waals surface area contributed by atoms with Crippen LogP contribution in [-0.4, -0.2) is 31.6 Å². The number of nitrogens with zero attached hydrogens (tertiary/aromatic N) is 2. The van der Waals surface area contributed by atoms with Crippen LogP contribution in [0.4, 0.5) is 11.4 Å². The van der Waals surface area contributed by atoms with E-state index in [0.29, 0.717) is 17.3 Å². The zero-order valence-electron chi connectivity index (χ0n) is 9.99. The predicted octanol–water partition coefficient (Wildman–Crippen LogP) is 1.50. The molecule has 16 heavy (non-hydrogen) atoms. The van der Waals surface area contributed by atoms with Crippen LogP contribution in [0.2, 0.25) is 0 Å². The lowest BCUT2D eigenvalue weighted by atomic mass is 10.1. The first-order valence-corrected chi connectivity index (χ1v) is 5.25. The lowest BCUT2D eigenvalue weighted by Crippen LogP contribution is -2.31. The molecule has 0 fully saturated rings. The second-order valence-corrected chi connectivity index (χ2v) is 4.07. The molecule has 0 heterocycles. The van der Waals surface area contributed by atoms with Crippen LogP contribution < -0.4 is 11.1 Å². The summed E-state index contributed by atoms with van der Waals surface area (Å²) in [5, 5.41) is 12.1. The first-order chi connectivity index (χ1) is 7.56. The van der Waals surface area contributed by atoms with Crippen LogP contribution in [0.25, 0.3) is 0 Å². The zero-order valence-corrected chi connectivity index (χ0v) is 9.99. The number of benzene rings is 1. The molecule has 0 aromatic heterocycles. The van der Waals surface area contributed by atoms with E-state index in [1.54, 1.807) is 6.07 Å². The Morgan fingerprint density at radius 2 is 2.19 bits per heavy atom. The lowest BCUT2D eigenvalue weighted by Gasteiger charge is -2.21. The number of nitriles is 1. The molecule has 4 nitrogen and oxygen atoms in total. The van der Waals surface area contributed by atoms with Crippen LogP contribution in [0.15, 0.2) is 18.2 Å². The molecule has 0 aliphatic carbocycles. The highest BCUT2D eigenvalue weighted by molar-refractivity contribution is 5.72. The molecule has 0 saturated heterocycles. The highest BCUT2D eigenvalue weighted by Gasteiger charge is 2.07. The molecule has 0 aliphatic rings. The van der Waals surface area contributed by atoms with Crippen LogP contribution >= 0.6 is 0 Å². The van der Waals surface area contributed by atoms with E-state index in [2.05, 4.69) is 23.2 Å². The van der Waals surface area contributed by atoms with Crippen molar-refractivity contribution >= 4 is 11.4 Å². The van der Waals surface area contributed by atoms with Gasteiger partial charge < -0.3 is 16.0 Å². The van der Waals surface area contributed by atoms with Crippen molar-refractivity contribution in [3.05, 3.63) is 23.8 Å². The van der Waals surface area contributed by atoms with E-state index < -0.39 is 0 Å². The summed E-state index contributed by atoms with van der Waals surface area (Å²) in [7, 11) is 4.06. The minimum absolute atomic E-state index is 0.408. The highest BCUT2D eigenvalue weighted by atomic mass is 15.1. The molecule has 1 atom stereocenters.